The zero-order valence-electron chi connectivity index (χ0n) is 9.57. The molecule has 0 spiro atoms. The van der Waals surface area contributed by atoms with Crippen LogP contribution in [0.4, 0.5) is 0 Å². The first-order valence-corrected chi connectivity index (χ1v) is 5.74. The lowest BCUT2D eigenvalue weighted by Gasteiger charge is -2.10. The highest BCUT2D eigenvalue weighted by Gasteiger charge is 2.21. The average Bonchev–Trinajstić information content (AvgIpc) is 2.90. The molecule has 16 heavy (non-hydrogen) atoms. The first-order valence-electron chi connectivity index (χ1n) is 5.74. The third-order valence-electron chi connectivity index (χ3n) is 2.95. The highest BCUT2D eigenvalue weighted by atomic mass is 16.2. The minimum absolute atomic E-state index is 0.0152. The Labute approximate surface area is 95.2 Å². The molecule has 1 amide bonds. The molecule has 2 rings (SSSR count). The average molecular weight is 222 g/mol. The SMILES string of the molecule is Cn1ccnc1CCNC(=O)C1CCCN1. The van der Waals surface area contributed by atoms with E-state index >= 15 is 0 Å². The Morgan fingerprint density at radius 1 is 1.75 bits per heavy atom. The van der Waals surface area contributed by atoms with Gasteiger partial charge in [-0.05, 0) is 19.4 Å². The van der Waals surface area contributed by atoms with E-state index in [1.165, 1.54) is 0 Å². The van der Waals surface area contributed by atoms with Gasteiger partial charge in [-0.1, -0.05) is 0 Å². The quantitative estimate of drug-likeness (QED) is 0.743. The van der Waals surface area contributed by atoms with E-state index in [0.717, 1.165) is 31.6 Å². The summed E-state index contributed by atoms with van der Waals surface area (Å²) in [6.45, 7) is 1.61. The van der Waals surface area contributed by atoms with Gasteiger partial charge in [0.05, 0.1) is 6.04 Å². The Bertz CT molecular complexity index is 355. The summed E-state index contributed by atoms with van der Waals surface area (Å²) < 4.78 is 1.97. The molecule has 5 nitrogen and oxygen atoms in total. The number of aromatic nitrogens is 2. The number of carbonyl (C=O) groups excluding carboxylic acids is 1. The summed E-state index contributed by atoms with van der Waals surface area (Å²) in [4.78, 5) is 15.9. The van der Waals surface area contributed by atoms with Crippen molar-refractivity contribution in [3.8, 4) is 0 Å². The number of rotatable bonds is 4. The topological polar surface area (TPSA) is 59.0 Å². The van der Waals surface area contributed by atoms with E-state index in [1.54, 1.807) is 6.20 Å². The predicted octanol–water partition coefficient (Wildman–Crippen LogP) is -0.169. The first-order chi connectivity index (χ1) is 7.77. The molecular weight excluding hydrogens is 204 g/mol. The van der Waals surface area contributed by atoms with Crippen molar-refractivity contribution >= 4 is 5.91 Å². The van der Waals surface area contributed by atoms with Crippen molar-refractivity contribution < 1.29 is 4.79 Å². The van der Waals surface area contributed by atoms with Crippen molar-refractivity contribution in [2.75, 3.05) is 13.1 Å². The van der Waals surface area contributed by atoms with Gasteiger partial charge in [0, 0.05) is 32.4 Å². The van der Waals surface area contributed by atoms with Crippen molar-refractivity contribution in [1.29, 1.82) is 0 Å². The molecule has 1 aromatic rings. The summed E-state index contributed by atoms with van der Waals surface area (Å²) >= 11 is 0. The number of imidazole rings is 1. The number of amides is 1. The standard InChI is InChI=1S/C11H18N4O/c1-15-8-7-13-10(15)4-6-14-11(16)9-3-2-5-12-9/h7-9,12H,2-6H2,1H3,(H,14,16). The van der Waals surface area contributed by atoms with Crippen LogP contribution in [0.3, 0.4) is 0 Å². The second-order valence-corrected chi connectivity index (χ2v) is 4.14. The fourth-order valence-corrected chi connectivity index (χ4v) is 1.97. The number of nitrogens with one attached hydrogen (secondary N) is 2. The lowest BCUT2D eigenvalue weighted by Crippen LogP contribution is -2.41. The summed E-state index contributed by atoms with van der Waals surface area (Å²) in [7, 11) is 1.96. The van der Waals surface area contributed by atoms with Crippen LogP contribution in [0.15, 0.2) is 12.4 Å². The van der Waals surface area contributed by atoms with E-state index in [0.29, 0.717) is 6.54 Å². The van der Waals surface area contributed by atoms with Gasteiger partial charge in [-0.15, -0.1) is 0 Å². The molecule has 1 atom stereocenters. The maximum Gasteiger partial charge on any atom is 0.237 e. The van der Waals surface area contributed by atoms with E-state index in [4.69, 9.17) is 0 Å². The van der Waals surface area contributed by atoms with E-state index in [1.807, 2.05) is 17.8 Å². The van der Waals surface area contributed by atoms with Crippen LogP contribution < -0.4 is 10.6 Å². The Balaban J connectivity index is 1.71. The Morgan fingerprint density at radius 3 is 3.25 bits per heavy atom. The molecule has 1 aromatic heterocycles. The molecule has 0 saturated carbocycles. The monoisotopic (exact) mass is 222 g/mol. The number of aryl methyl sites for hydroxylation is 1. The van der Waals surface area contributed by atoms with Crippen LogP contribution in [0.1, 0.15) is 18.7 Å². The lowest BCUT2D eigenvalue weighted by atomic mass is 10.2. The molecule has 5 heteroatoms. The molecule has 1 aliphatic heterocycles. The van der Waals surface area contributed by atoms with Gasteiger partial charge >= 0.3 is 0 Å². The first kappa shape index (κ1) is 11.1. The minimum atomic E-state index is 0.0152. The van der Waals surface area contributed by atoms with Crippen molar-refractivity contribution in [3.05, 3.63) is 18.2 Å². The fraction of sp³-hybridized carbons (Fsp3) is 0.636. The number of hydrogen-bond acceptors (Lipinski definition) is 3. The van der Waals surface area contributed by atoms with Gasteiger partial charge in [0.2, 0.25) is 5.91 Å². The fourth-order valence-electron chi connectivity index (χ4n) is 1.97. The van der Waals surface area contributed by atoms with Gasteiger partial charge in [-0.2, -0.15) is 0 Å². The number of carbonyl (C=O) groups is 1. The third-order valence-corrected chi connectivity index (χ3v) is 2.95. The van der Waals surface area contributed by atoms with Crippen molar-refractivity contribution in [2.24, 2.45) is 7.05 Å². The highest BCUT2D eigenvalue weighted by Crippen LogP contribution is 2.04. The van der Waals surface area contributed by atoms with Crippen LogP contribution in [0.5, 0.6) is 0 Å². The van der Waals surface area contributed by atoms with Crippen LogP contribution >= 0.6 is 0 Å². The van der Waals surface area contributed by atoms with Crippen molar-refractivity contribution in [3.63, 3.8) is 0 Å². The van der Waals surface area contributed by atoms with Crippen molar-refractivity contribution in [2.45, 2.75) is 25.3 Å². The third kappa shape index (κ3) is 2.61. The summed E-state index contributed by atoms with van der Waals surface area (Å²) in [5.41, 5.74) is 0. The summed E-state index contributed by atoms with van der Waals surface area (Å²) in [6.07, 6.45) is 6.51. The summed E-state index contributed by atoms with van der Waals surface area (Å²) in [6, 6.07) is 0.0152. The Hall–Kier alpha value is -1.36. The number of hydrogen-bond donors (Lipinski definition) is 2. The summed E-state index contributed by atoms with van der Waals surface area (Å²) in [5, 5.41) is 6.11. The molecule has 0 aliphatic carbocycles. The molecule has 88 valence electrons. The Morgan fingerprint density at radius 2 is 2.62 bits per heavy atom. The zero-order valence-corrected chi connectivity index (χ0v) is 9.57. The summed E-state index contributed by atoms with van der Waals surface area (Å²) in [5.74, 6) is 1.12. The van der Waals surface area contributed by atoms with Gasteiger partial charge in [0.25, 0.3) is 0 Å². The van der Waals surface area contributed by atoms with Gasteiger partial charge in [-0.3, -0.25) is 4.79 Å². The maximum absolute atomic E-state index is 11.7. The smallest absolute Gasteiger partial charge is 0.237 e. The zero-order chi connectivity index (χ0) is 11.4. The predicted molar refractivity (Wildman–Crippen MR) is 60.9 cm³/mol. The molecule has 1 fully saturated rings. The molecular formula is C11H18N4O. The molecule has 2 N–H and O–H groups in total. The molecule has 1 unspecified atom stereocenters. The van der Waals surface area contributed by atoms with Gasteiger partial charge < -0.3 is 15.2 Å². The molecule has 0 bridgehead atoms. The van der Waals surface area contributed by atoms with E-state index in [2.05, 4.69) is 15.6 Å². The van der Waals surface area contributed by atoms with E-state index < -0.39 is 0 Å². The van der Waals surface area contributed by atoms with Crippen LogP contribution in [-0.2, 0) is 18.3 Å². The Kier molecular flexibility index (Phi) is 3.56. The number of nitrogens with zero attached hydrogens (tertiary/aromatic N) is 2. The van der Waals surface area contributed by atoms with E-state index in [9.17, 15) is 4.79 Å². The van der Waals surface area contributed by atoms with Crippen LogP contribution in [0.25, 0.3) is 0 Å². The second-order valence-electron chi connectivity index (χ2n) is 4.14. The largest absolute Gasteiger partial charge is 0.354 e. The molecule has 0 radical (unpaired) electrons. The van der Waals surface area contributed by atoms with Crippen LogP contribution in [0, 0.1) is 0 Å². The maximum atomic E-state index is 11.7. The second kappa shape index (κ2) is 5.12. The van der Waals surface area contributed by atoms with Gasteiger partial charge in [-0.25, -0.2) is 4.98 Å². The minimum Gasteiger partial charge on any atom is -0.354 e. The molecule has 0 aromatic carbocycles. The van der Waals surface area contributed by atoms with Crippen LogP contribution in [0.2, 0.25) is 0 Å². The molecule has 1 saturated heterocycles. The van der Waals surface area contributed by atoms with Crippen LogP contribution in [-0.4, -0.2) is 34.6 Å². The highest BCUT2D eigenvalue weighted by molar-refractivity contribution is 5.81. The normalized spacial score (nSPS) is 19.9. The molecule has 2 heterocycles. The molecule has 1 aliphatic rings. The van der Waals surface area contributed by atoms with Gasteiger partial charge in [0.1, 0.15) is 5.82 Å². The van der Waals surface area contributed by atoms with Crippen molar-refractivity contribution in [1.82, 2.24) is 20.2 Å². The van der Waals surface area contributed by atoms with Gasteiger partial charge in [0.15, 0.2) is 0 Å². The lowest BCUT2D eigenvalue weighted by molar-refractivity contribution is -0.122. The van der Waals surface area contributed by atoms with E-state index in [-0.39, 0.29) is 11.9 Å².